The zero-order valence-electron chi connectivity index (χ0n) is 12.2. The number of rotatable bonds is 5. The molecule has 1 aliphatic rings. The van der Waals surface area contributed by atoms with Crippen LogP contribution < -0.4 is 5.32 Å². The molecule has 2 rings (SSSR count). The molecule has 1 fully saturated rings. The molecule has 20 heavy (non-hydrogen) atoms. The van der Waals surface area contributed by atoms with E-state index in [0.717, 1.165) is 31.7 Å². The van der Waals surface area contributed by atoms with Crippen molar-refractivity contribution >= 4 is 0 Å². The van der Waals surface area contributed by atoms with E-state index in [0.29, 0.717) is 12.1 Å². The van der Waals surface area contributed by atoms with Crippen LogP contribution in [0, 0.1) is 11.6 Å². The fourth-order valence-electron chi connectivity index (χ4n) is 3.28. The Morgan fingerprint density at radius 3 is 2.55 bits per heavy atom. The molecule has 1 unspecified atom stereocenters. The van der Waals surface area contributed by atoms with Gasteiger partial charge in [0, 0.05) is 12.7 Å². The topological polar surface area (TPSA) is 21.3 Å². The molecule has 0 aliphatic heterocycles. The van der Waals surface area contributed by atoms with Crippen LogP contribution in [0.1, 0.15) is 50.6 Å². The van der Waals surface area contributed by atoms with Gasteiger partial charge in [-0.2, -0.15) is 0 Å². The molecule has 0 heterocycles. The number of nitrogens with one attached hydrogen (secondary N) is 1. The highest BCUT2D eigenvalue weighted by Crippen LogP contribution is 2.41. The normalized spacial score (nSPS) is 19.8. The van der Waals surface area contributed by atoms with Gasteiger partial charge < -0.3 is 10.1 Å². The lowest BCUT2D eigenvalue weighted by atomic mass is 9.76. The monoisotopic (exact) mass is 283 g/mol. The first-order valence-electron chi connectivity index (χ1n) is 7.36. The molecule has 0 radical (unpaired) electrons. The molecule has 0 saturated heterocycles. The van der Waals surface area contributed by atoms with E-state index >= 15 is 0 Å². The molecule has 1 saturated carbocycles. The molecule has 4 heteroatoms. The van der Waals surface area contributed by atoms with Gasteiger partial charge in [0.2, 0.25) is 0 Å². The summed E-state index contributed by atoms with van der Waals surface area (Å²) in [5.74, 6) is -0.786. The number of hydrogen-bond acceptors (Lipinski definition) is 2. The maximum atomic E-state index is 14.1. The highest BCUT2D eigenvalue weighted by molar-refractivity contribution is 5.26. The van der Waals surface area contributed by atoms with Gasteiger partial charge >= 0.3 is 0 Å². The molecule has 1 aliphatic carbocycles. The Labute approximate surface area is 119 Å². The first kappa shape index (κ1) is 15.4. The predicted octanol–water partition coefficient (Wildman–Crippen LogP) is 3.96. The van der Waals surface area contributed by atoms with E-state index in [4.69, 9.17) is 4.74 Å². The Morgan fingerprint density at radius 1 is 1.25 bits per heavy atom. The maximum absolute atomic E-state index is 14.1. The molecule has 112 valence electrons. The van der Waals surface area contributed by atoms with Crippen molar-refractivity contribution in [3.63, 3.8) is 0 Å². The van der Waals surface area contributed by atoms with Crippen molar-refractivity contribution in [3.05, 3.63) is 35.4 Å². The van der Waals surface area contributed by atoms with Gasteiger partial charge in [-0.1, -0.05) is 26.2 Å². The molecule has 0 aromatic heterocycles. The average molecular weight is 283 g/mol. The van der Waals surface area contributed by atoms with Crippen LogP contribution in [-0.2, 0) is 4.74 Å². The van der Waals surface area contributed by atoms with E-state index in [1.807, 2.05) is 6.92 Å². The Balaban J connectivity index is 2.40. The first-order chi connectivity index (χ1) is 9.63. The van der Waals surface area contributed by atoms with Crippen LogP contribution in [0.25, 0.3) is 0 Å². The molecule has 0 spiro atoms. The lowest BCUT2D eigenvalue weighted by Crippen LogP contribution is -2.47. The minimum absolute atomic E-state index is 0.312. The van der Waals surface area contributed by atoms with E-state index in [2.05, 4.69) is 5.32 Å². The summed E-state index contributed by atoms with van der Waals surface area (Å²) in [6, 6.07) is 3.33. The zero-order valence-corrected chi connectivity index (χ0v) is 12.2. The van der Waals surface area contributed by atoms with Crippen LogP contribution in [0.3, 0.4) is 0 Å². The molecule has 1 aromatic rings. The largest absolute Gasteiger partial charge is 0.376 e. The van der Waals surface area contributed by atoms with Gasteiger partial charge in [0.05, 0.1) is 11.6 Å². The van der Waals surface area contributed by atoms with Crippen molar-refractivity contribution in [2.24, 2.45) is 0 Å². The Kier molecular flexibility index (Phi) is 5.11. The minimum atomic E-state index is -0.442. The predicted molar refractivity (Wildman–Crippen MR) is 75.6 cm³/mol. The fourth-order valence-corrected chi connectivity index (χ4v) is 3.28. The zero-order chi connectivity index (χ0) is 14.6. The lowest BCUT2D eigenvalue weighted by molar-refractivity contribution is -0.0692. The quantitative estimate of drug-likeness (QED) is 0.883. The van der Waals surface area contributed by atoms with Crippen molar-refractivity contribution in [1.82, 2.24) is 5.32 Å². The van der Waals surface area contributed by atoms with Crippen molar-refractivity contribution in [2.75, 3.05) is 13.7 Å². The van der Waals surface area contributed by atoms with Gasteiger partial charge in [-0.3, -0.25) is 0 Å². The highest BCUT2D eigenvalue weighted by atomic mass is 19.1. The van der Waals surface area contributed by atoms with Gasteiger partial charge in [-0.15, -0.1) is 0 Å². The third-order valence-corrected chi connectivity index (χ3v) is 4.31. The SMILES string of the molecule is CCNC(c1cc(F)ccc1F)C1(OC)CCCCC1. The molecule has 0 amide bonds. The highest BCUT2D eigenvalue weighted by Gasteiger charge is 2.41. The van der Waals surface area contributed by atoms with Crippen LogP contribution in [-0.4, -0.2) is 19.3 Å². The molecule has 1 N–H and O–H groups in total. The van der Waals surface area contributed by atoms with Crippen LogP contribution >= 0.6 is 0 Å². The van der Waals surface area contributed by atoms with Gasteiger partial charge in [-0.25, -0.2) is 8.78 Å². The van der Waals surface area contributed by atoms with E-state index in [1.54, 1.807) is 7.11 Å². The van der Waals surface area contributed by atoms with Crippen molar-refractivity contribution in [2.45, 2.75) is 50.7 Å². The van der Waals surface area contributed by atoms with Gasteiger partial charge in [-0.05, 0) is 37.6 Å². The summed E-state index contributed by atoms with van der Waals surface area (Å²) in [4.78, 5) is 0. The van der Waals surface area contributed by atoms with E-state index < -0.39 is 11.4 Å². The minimum Gasteiger partial charge on any atom is -0.376 e. The number of methoxy groups -OCH3 is 1. The van der Waals surface area contributed by atoms with E-state index in [-0.39, 0.29) is 11.9 Å². The van der Waals surface area contributed by atoms with E-state index in [9.17, 15) is 8.78 Å². The Morgan fingerprint density at radius 2 is 1.95 bits per heavy atom. The van der Waals surface area contributed by atoms with E-state index in [1.165, 1.54) is 18.6 Å². The molecule has 1 atom stereocenters. The number of halogens is 2. The number of hydrogen-bond donors (Lipinski definition) is 1. The molecule has 0 bridgehead atoms. The van der Waals surface area contributed by atoms with Gasteiger partial charge in [0.1, 0.15) is 11.6 Å². The molecular weight excluding hydrogens is 260 g/mol. The second kappa shape index (κ2) is 6.64. The van der Waals surface area contributed by atoms with Crippen molar-refractivity contribution in [3.8, 4) is 0 Å². The molecule has 1 aromatic carbocycles. The summed E-state index contributed by atoms with van der Waals surface area (Å²) in [6.45, 7) is 2.65. The first-order valence-corrected chi connectivity index (χ1v) is 7.36. The van der Waals surface area contributed by atoms with Crippen LogP contribution in [0.4, 0.5) is 8.78 Å². The summed E-state index contributed by atoms with van der Waals surface area (Å²) in [6.07, 6.45) is 5.04. The molecular formula is C16H23F2NO. The lowest BCUT2D eigenvalue weighted by Gasteiger charge is -2.43. The summed E-state index contributed by atoms with van der Waals surface area (Å²) in [5.41, 5.74) is -0.0706. The standard InChI is InChI=1S/C16H23F2NO/c1-3-19-15(13-11-12(17)7-8-14(13)18)16(20-2)9-5-4-6-10-16/h7-8,11,15,19H,3-6,9-10H2,1-2H3. The summed E-state index contributed by atoms with van der Waals surface area (Å²) in [7, 11) is 1.67. The Hall–Kier alpha value is -1.00. The van der Waals surface area contributed by atoms with Crippen LogP contribution in [0.15, 0.2) is 18.2 Å². The van der Waals surface area contributed by atoms with Gasteiger partial charge in [0.15, 0.2) is 0 Å². The fraction of sp³-hybridized carbons (Fsp3) is 0.625. The number of benzene rings is 1. The summed E-state index contributed by atoms with van der Waals surface area (Å²) >= 11 is 0. The third-order valence-electron chi connectivity index (χ3n) is 4.31. The smallest absolute Gasteiger partial charge is 0.128 e. The second-order valence-electron chi connectivity index (χ2n) is 5.49. The maximum Gasteiger partial charge on any atom is 0.128 e. The summed E-state index contributed by atoms with van der Waals surface area (Å²) in [5, 5.41) is 3.30. The third kappa shape index (κ3) is 3.01. The van der Waals surface area contributed by atoms with Gasteiger partial charge in [0.25, 0.3) is 0 Å². The second-order valence-corrected chi connectivity index (χ2v) is 5.49. The Bertz CT molecular complexity index is 444. The molecule has 2 nitrogen and oxygen atoms in total. The van der Waals surface area contributed by atoms with Crippen LogP contribution in [0.2, 0.25) is 0 Å². The number of likely N-dealkylation sites (N-methyl/N-ethyl adjacent to an activating group) is 1. The summed E-state index contributed by atoms with van der Waals surface area (Å²) < 4.78 is 33.4. The van der Waals surface area contributed by atoms with Crippen molar-refractivity contribution in [1.29, 1.82) is 0 Å². The van der Waals surface area contributed by atoms with Crippen LogP contribution in [0.5, 0.6) is 0 Å². The number of ether oxygens (including phenoxy) is 1. The van der Waals surface area contributed by atoms with Crippen molar-refractivity contribution < 1.29 is 13.5 Å². The average Bonchev–Trinajstić information content (AvgIpc) is 2.48.